The second kappa shape index (κ2) is 21.4. The van der Waals surface area contributed by atoms with E-state index in [0.717, 1.165) is 28.3 Å². The molecular weight excluding hydrogens is 907 g/mol. The maximum atomic E-state index is 13.4. The molecule has 0 saturated heterocycles. The Bertz CT molecular complexity index is 2930. The molecule has 6 rings (SSSR count). The van der Waals surface area contributed by atoms with Crippen LogP contribution in [0.15, 0.2) is 121 Å². The predicted molar refractivity (Wildman–Crippen MR) is 266 cm³/mol. The number of carbonyl (C=O) groups is 2. The van der Waals surface area contributed by atoms with Crippen LogP contribution >= 0.6 is 0 Å². The van der Waals surface area contributed by atoms with E-state index in [4.69, 9.17) is 0 Å². The number of rotatable bonds is 21. The van der Waals surface area contributed by atoms with Gasteiger partial charge in [0.25, 0.3) is 32.1 Å². The molecule has 0 bridgehead atoms. The van der Waals surface area contributed by atoms with Crippen LogP contribution in [0.2, 0.25) is 0 Å². The number of aromatic nitrogens is 1. The molecule has 0 saturated carbocycles. The Morgan fingerprint density at radius 1 is 0.691 bits per heavy atom. The molecule has 2 aliphatic rings. The van der Waals surface area contributed by atoms with Gasteiger partial charge in [-0.3, -0.25) is 23.3 Å². The Hall–Kier alpha value is -6.27. The van der Waals surface area contributed by atoms with E-state index in [1.54, 1.807) is 37.3 Å². The Labute approximate surface area is 399 Å². The molecule has 3 aromatic carbocycles. The molecule has 3 heterocycles. The SMILES string of the molecule is Cc1cc(O)n(-c2cccc(C(=O)NCCCNC(=O)c3ccc4c(c3)C(C)(C)C(=CC=CC=CC=CC3=[N+](CCCCS(=O)(=O)O)c5ccccc5C3(C)C)N4CCCCS(=O)(=O)O)c2)c1O. The van der Waals surface area contributed by atoms with Crippen molar-refractivity contribution in [2.24, 2.45) is 0 Å². The molecule has 6 N–H and O–H groups in total. The van der Waals surface area contributed by atoms with Gasteiger partial charge in [0.15, 0.2) is 11.6 Å². The smallest absolute Gasteiger partial charge is 0.264 e. The van der Waals surface area contributed by atoms with Crippen molar-refractivity contribution in [1.82, 2.24) is 15.2 Å². The summed E-state index contributed by atoms with van der Waals surface area (Å²) < 4.78 is 67.6. The molecule has 15 nitrogen and oxygen atoms in total. The molecule has 362 valence electrons. The maximum absolute atomic E-state index is 13.4. The summed E-state index contributed by atoms with van der Waals surface area (Å²) >= 11 is 0. The fourth-order valence-corrected chi connectivity index (χ4v) is 10.0. The highest BCUT2D eigenvalue weighted by molar-refractivity contribution is 7.86. The second-order valence-electron chi connectivity index (χ2n) is 18.1. The summed E-state index contributed by atoms with van der Waals surface area (Å²) in [6, 6.07) is 21.6. The van der Waals surface area contributed by atoms with Gasteiger partial charge < -0.3 is 25.7 Å². The molecule has 0 unspecified atom stereocenters. The lowest BCUT2D eigenvalue weighted by atomic mass is 9.81. The monoisotopic (exact) mass is 968 g/mol. The van der Waals surface area contributed by atoms with Crippen molar-refractivity contribution < 1.29 is 50.3 Å². The lowest BCUT2D eigenvalue weighted by Crippen LogP contribution is -2.30. The summed E-state index contributed by atoms with van der Waals surface area (Å²) in [5.41, 5.74) is 6.96. The number of aryl methyl sites for hydroxylation is 1. The van der Waals surface area contributed by atoms with Crippen molar-refractivity contribution in [2.45, 2.75) is 77.6 Å². The van der Waals surface area contributed by atoms with Crippen LogP contribution in [0, 0.1) is 6.92 Å². The number of carbonyl (C=O) groups excluding carboxylic acids is 2. The number of allylic oxidation sites excluding steroid dienone is 8. The number of para-hydroxylation sites is 1. The van der Waals surface area contributed by atoms with E-state index in [1.807, 2.05) is 60.7 Å². The van der Waals surface area contributed by atoms with Crippen molar-refractivity contribution in [3.05, 3.63) is 149 Å². The quantitative estimate of drug-likeness (QED) is 0.0205. The van der Waals surface area contributed by atoms with E-state index in [2.05, 4.69) is 66.0 Å². The van der Waals surface area contributed by atoms with E-state index < -0.39 is 25.7 Å². The molecule has 0 radical (unpaired) electrons. The third kappa shape index (κ3) is 12.2. The van der Waals surface area contributed by atoms with E-state index >= 15 is 0 Å². The molecule has 68 heavy (non-hydrogen) atoms. The number of amides is 2. The number of benzene rings is 3. The number of fused-ring (bicyclic) bond motifs is 2. The van der Waals surface area contributed by atoms with Crippen molar-refractivity contribution in [3.63, 3.8) is 0 Å². The van der Waals surface area contributed by atoms with Crippen molar-refractivity contribution in [2.75, 3.05) is 42.6 Å². The zero-order valence-corrected chi connectivity index (χ0v) is 40.8. The number of anilines is 1. The fourth-order valence-electron chi connectivity index (χ4n) is 8.88. The first-order chi connectivity index (χ1) is 32.1. The van der Waals surface area contributed by atoms with Crippen LogP contribution in [0.1, 0.15) is 97.2 Å². The third-order valence-electron chi connectivity index (χ3n) is 12.4. The standard InChI is InChI=1S/C51H61N5O10S2/c1-36-33-46(57)56(49(36)60)39-20-17-19-37(34-39)47(58)52-27-18-28-53-48(59)38-25-26-43-41(35-38)51(4,5)45(55(43)30-14-16-32-68(64,65)66)24-10-8-6-7-9-23-44-50(2,3)40-21-11-12-22-42(40)54(44)29-13-15-31-67(61,62)63/h6-12,17,19-26,33-35H,13-16,18,27-32H2,1-5H3,(H5-,52,53,57,58,59,60,61,62,63,64,65,66)/p+1. The normalized spacial score (nSPS) is 16.1. The van der Waals surface area contributed by atoms with Crippen molar-refractivity contribution >= 4 is 49.1 Å². The van der Waals surface area contributed by atoms with Gasteiger partial charge in [-0.1, -0.05) is 68.5 Å². The first-order valence-electron chi connectivity index (χ1n) is 22.7. The van der Waals surface area contributed by atoms with Gasteiger partial charge in [0, 0.05) is 83.3 Å². The highest BCUT2D eigenvalue weighted by Crippen LogP contribution is 2.48. The highest BCUT2D eigenvalue weighted by atomic mass is 32.2. The van der Waals surface area contributed by atoms with Crippen LogP contribution in [-0.2, 0) is 31.1 Å². The van der Waals surface area contributed by atoms with E-state index in [0.29, 0.717) is 67.7 Å². The van der Waals surface area contributed by atoms with Crippen LogP contribution < -0.4 is 15.5 Å². The first-order valence-corrected chi connectivity index (χ1v) is 25.9. The van der Waals surface area contributed by atoms with Gasteiger partial charge in [0.2, 0.25) is 11.6 Å². The van der Waals surface area contributed by atoms with Gasteiger partial charge in [-0.15, -0.1) is 0 Å². The largest absolute Gasteiger partial charge is 0.494 e. The number of aromatic hydroxyl groups is 2. The van der Waals surface area contributed by atoms with E-state index in [9.17, 15) is 45.7 Å². The van der Waals surface area contributed by atoms with Crippen LogP contribution in [0.5, 0.6) is 11.8 Å². The molecular formula is C51H62N5O10S2+. The molecule has 0 spiro atoms. The van der Waals surface area contributed by atoms with Crippen molar-refractivity contribution in [1.29, 1.82) is 0 Å². The topological polar surface area (TPSA) is 219 Å². The molecule has 0 fully saturated rings. The highest BCUT2D eigenvalue weighted by Gasteiger charge is 2.44. The van der Waals surface area contributed by atoms with Gasteiger partial charge >= 0.3 is 0 Å². The Kier molecular flexibility index (Phi) is 16.1. The number of unbranched alkanes of at least 4 members (excludes halogenated alkanes) is 2. The summed E-state index contributed by atoms with van der Waals surface area (Å²) in [4.78, 5) is 28.5. The second-order valence-corrected chi connectivity index (χ2v) is 21.3. The molecule has 2 amide bonds. The Morgan fingerprint density at radius 2 is 1.32 bits per heavy atom. The average molecular weight is 969 g/mol. The van der Waals surface area contributed by atoms with E-state index in [1.165, 1.54) is 16.2 Å². The molecule has 0 aliphatic carbocycles. The molecule has 4 aromatic rings. The first kappa shape index (κ1) is 51.1. The van der Waals surface area contributed by atoms with Crippen LogP contribution in [0.4, 0.5) is 11.4 Å². The maximum Gasteiger partial charge on any atom is 0.264 e. The molecule has 17 heteroatoms. The van der Waals surface area contributed by atoms with Gasteiger partial charge in [-0.05, 0) is 94.5 Å². The zero-order valence-electron chi connectivity index (χ0n) is 39.1. The minimum absolute atomic E-state index is 0.120. The lowest BCUT2D eigenvalue weighted by molar-refractivity contribution is -0.438. The van der Waals surface area contributed by atoms with E-state index in [-0.39, 0.29) is 53.5 Å². The van der Waals surface area contributed by atoms with Gasteiger partial charge in [0.05, 0.1) is 22.6 Å². The summed E-state index contributed by atoms with van der Waals surface area (Å²) in [6.07, 6.45) is 15.9. The summed E-state index contributed by atoms with van der Waals surface area (Å²) in [5.74, 6) is -1.51. The van der Waals surface area contributed by atoms with Crippen LogP contribution in [-0.4, -0.2) is 101 Å². The average Bonchev–Trinajstić information content (AvgIpc) is 3.75. The zero-order chi connectivity index (χ0) is 49.4. The van der Waals surface area contributed by atoms with Gasteiger partial charge in [-0.2, -0.15) is 21.4 Å². The third-order valence-corrected chi connectivity index (χ3v) is 14.0. The molecule has 1 aromatic heterocycles. The van der Waals surface area contributed by atoms with Crippen LogP contribution in [0.25, 0.3) is 5.69 Å². The summed E-state index contributed by atoms with van der Waals surface area (Å²) in [5, 5.41) is 26.4. The summed E-state index contributed by atoms with van der Waals surface area (Å²) in [6.45, 7) is 11.8. The Morgan fingerprint density at radius 3 is 1.99 bits per heavy atom. The molecule has 2 aliphatic heterocycles. The minimum Gasteiger partial charge on any atom is -0.494 e. The summed E-state index contributed by atoms with van der Waals surface area (Å²) in [7, 11) is -8.14. The van der Waals surface area contributed by atoms with Crippen molar-refractivity contribution in [3.8, 4) is 17.4 Å². The molecule has 0 atom stereocenters. The number of hydrogen-bond donors (Lipinski definition) is 6. The van der Waals surface area contributed by atoms with Gasteiger partial charge in [-0.25, -0.2) is 0 Å². The predicted octanol–water partition coefficient (Wildman–Crippen LogP) is 7.81. The number of nitrogens with one attached hydrogen (secondary N) is 2. The van der Waals surface area contributed by atoms with Gasteiger partial charge in [0.1, 0.15) is 6.54 Å². The lowest BCUT2D eigenvalue weighted by Gasteiger charge is -2.27. The minimum atomic E-state index is -4.11. The Balaban J connectivity index is 1.10. The number of hydrogen-bond acceptors (Lipinski definition) is 9. The fraction of sp³-hybridized carbons (Fsp3) is 0.353. The number of nitrogens with zero attached hydrogens (tertiary/aromatic N) is 3. The van der Waals surface area contributed by atoms with Crippen LogP contribution in [0.3, 0.4) is 0 Å².